The molecule has 2 nitrogen and oxygen atoms in total. The minimum atomic E-state index is 0.436. The molecule has 0 saturated carbocycles. The SMILES string of the molecule is CCC1CCN(c2ccc(C(C)NC)cc2)C1. The van der Waals surface area contributed by atoms with Crippen LogP contribution < -0.4 is 10.2 Å². The third kappa shape index (κ3) is 2.81. The maximum Gasteiger partial charge on any atom is 0.0366 e. The summed E-state index contributed by atoms with van der Waals surface area (Å²) in [7, 11) is 2.00. The Morgan fingerprint density at radius 3 is 2.59 bits per heavy atom. The Morgan fingerprint density at radius 1 is 1.35 bits per heavy atom. The average molecular weight is 232 g/mol. The molecule has 2 heteroatoms. The van der Waals surface area contributed by atoms with Gasteiger partial charge >= 0.3 is 0 Å². The molecular formula is C15H24N2. The summed E-state index contributed by atoms with van der Waals surface area (Å²) in [6.07, 6.45) is 2.66. The molecule has 1 aliphatic rings. The zero-order valence-corrected chi connectivity index (χ0v) is 11.2. The molecule has 0 spiro atoms. The van der Waals surface area contributed by atoms with Gasteiger partial charge in [0, 0.05) is 24.8 Å². The number of nitrogens with one attached hydrogen (secondary N) is 1. The normalized spacial score (nSPS) is 21.8. The summed E-state index contributed by atoms with van der Waals surface area (Å²) in [5.41, 5.74) is 2.75. The van der Waals surface area contributed by atoms with Crippen molar-refractivity contribution >= 4 is 5.69 Å². The van der Waals surface area contributed by atoms with Crippen molar-refractivity contribution in [1.29, 1.82) is 0 Å². The van der Waals surface area contributed by atoms with Gasteiger partial charge in [-0.2, -0.15) is 0 Å². The van der Waals surface area contributed by atoms with Gasteiger partial charge in [0.2, 0.25) is 0 Å². The van der Waals surface area contributed by atoms with Gasteiger partial charge in [-0.1, -0.05) is 25.5 Å². The second-order valence-corrected chi connectivity index (χ2v) is 5.11. The molecule has 0 bridgehead atoms. The molecule has 17 heavy (non-hydrogen) atoms. The molecule has 1 N–H and O–H groups in total. The highest BCUT2D eigenvalue weighted by Gasteiger charge is 2.20. The smallest absolute Gasteiger partial charge is 0.0366 e. The highest BCUT2D eigenvalue weighted by molar-refractivity contribution is 5.48. The first kappa shape index (κ1) is 12.4. The number of anilines is 1. The van der Waals surface area contributed by atoms with E-state index in [0.717, 1.165) is 5.92 Å². The summed E-state index contributed by atoms with van der Waals surface area (Å²) in [5.74, 6) is 0.894. The first-order valence-electron chi connectivity index (χ1n) is 6.76. The second kappa shape index (κ2) is 5.54. The number of benzene rings is 1. The standard InChI is InChI=1S/C15H24N2/c1-4-13-9-10-17(11-13)15-7-5-14(6-8-15)12(2)16-3/h5-8,12-13,16H,4,9-11H2,1-3H3. The summed E-state index contributed by atoms with van der Waals surface area (Å²) in [6, 6.07) is 9.46. The van der Waals surface area contributed by atoms with E-state index in [9.17, 15) is 0 Å². The Morgan fingerprint density at radius 2 is 2.06 bits per heavy atom. The van der Waals surface area contributed by atoms with Crippen LogP contribution >= 0.6 is 0 Å². The van der Waals surface area contributed by atoms with E-state index in [0.29, 0.717) is 6.04 Å². The molecule has 1 fully saturated rings. The van der Waals surface area contributed by atoms with Crippen LogP contribution in [-0.4, -0.2) is 20.1 Å². The van der Waals surface area contributed by atoms with E-state index in [-0.39, 0.29) is 0 Å². The van der Waals surface area contributed by atoms with Gasteiger partial charge in [-0.05, 0) is 44.0 Å². The number of nitrogens with zero attached hydrogens (tertiary/aromatic N) is 1. The Labute approximate surface area is 105 Å². The van der Waals surface area contributed by atoms with E-state index in [1.165, 1.54) is 37.2 Å². The zero-order valence-electron chi connectivity index (χ0n) is 11.2. The fraction of sp³-hybridized carbons (Fsp3) is 0.600. The molecule has 1 heterocycles. The largest absolute Gasteiger partial charge is 0.371 e. The molecule has 1 aromatic carbocycles. The molecule has 2 unspecified atom stereocenters. The predicted molar refractivity (Wildman–Crippen MR) is 74.5 cm³/mol. The minimum Gasteiger partial charge on any atom is -0.371 e. The molecule has 2 atom stereocenters. The van der Waals surface area contributed by atoms with E-state index in [1.54, 1.807) is 0 Å². The maximum atomic E-state index is 3.27. The van der Waals surface area contributed by atoms with Crippen LogP contribution in [-0.2, 0) is 0 Å². The van der Waals surface area contributed by atoms with Gasteiger partial charge in [0.05, 0.1) is 0 Å². The van der Waals surface area contributed by atoms with Crippen molar-refractivity contribution in [2.45, 2.75) is 32.7 Å². The fourth-order valence-electron chi connectivity index (χ4n) is 2.54. The average Bonchev–Trinajstić information content (AvgIpc) is 2.87. The summed E-state index contributed by atoms with van der Waals surface area (Å²) in [6.45, 7) is 6.95. The Balaban J connectivity index is 2.03. The molecule has 94 valence electrons. The van der Waals surface area contributed by atoms with Gasteiger partial charge in [0.15, 0.2) is 0 Å². The molecule has 1 aromatic rings. The van der Waals surface area contributed by atoms with E-state index in [4.69, 9.17) is 0 Å². The van der Waals surface area contributed by atoms with E-state index in [1.807, 2.05) is 7.05 Å². The highest BCUT2D eigenvalue weighted by atomic mass is 15.1. The lowest BCUT2D eigenvalue weighted by Gasteiger charge is -2.19. The lowest BCUT2D eigenvalue weighted by Crippen LogP contribution is -2.19. The van der Waals surface area contributed by atoms with Gasteiger partial charge in [-0.25, -0.2) is 0 Å². The van der Waals surface area contributed by atoms with Gasteiger partial charge in [0.1, 0.15) is 0 Å². The third-order valence-electron chi connectivity index (χ3n) is 4.05. The van der Waals surface area contributed by atoms with Crippen LogP contribution in [0.2, 0.25) is 0 Å². The molecule has 1 saturated heterocycles. The van der Waals surface area contributed by atoms with Crippen molar-refractivity contribution < 1.29 is 0 Å². The Bertz CT molecular complexity index is 344. The van der Waals surface area contributed by atoms with Gasteiger partial charge in [-0.15, -0.1) is 0 Å². The Hall–Kier alpha value is -1.02. The van der Waals surface area contributed by atoms with Crippen LogP contribution in [0.5, 0.6) is 0 Å². The number of hydrogen-bond donors (Lipinski definition) is 1. The van der Waals surface area contributed by atoms with Crippen LogP contribution in [0.3, 0.4) is 0 Å². The number of hydrogen-bond acceptors (Lipinski definition) is 2. The van der Waals surface area contributed by atoms with Crippen LogP contribution in [0.15, 0.2) is 24.3 Å². The van der Waals surface area contributed by atoms with Crippen LogP contribution in [0.4, 0.5) is 5.69 Å². The molecule has 0 radical (unpaired) electrons. The molecule has 0 amide bonds. The summed E-state index contributed by atoms with van der Waals surface area (Å²) >= 11 is 0. The molecule has 0 aromatic heterocycles. The van der Waals surface area contributed by atoms with Crippen LogP contribution in [0.1, 0.15) is 38.3 Å². The monoisotopic (exact) mass is 232 g/mol. The lowest BCUT2D eigenvalue weighted by molar-refractivity contribution is 0.569. The first-order valence-corrected chi connectivity index (χ1v) is 6.76. The minimum absolute atomic E-state index is 0.436. The second-order valence-electron chi connectivity index (χ2n) is 5.11. The Kier molecular flexibility index (Phi) is 4.06. The van der Waals surface area contributed by atoms with Crippen LogP contribution in [0, 0.1) is 5.92 Å². The van der Waals surface area contributed by atoms with E-state index < -0.39 is 0 Å². The van der Waals surface area contributed by atoms with Crippen molar-refractivity contribution in [3.8, 4) is 0 Å². The fourth-order valence-corrected chi connectivity index (χ4v) is 2.54. The summed E-state index contributed by atoms with van der Waals surface area (Å²) in [5, 5.41) is 3.27. The van der Waals surface area contributed by atoms with Crippen LogP contribution in [0.25, 0.3) is 0 Å². The molecule has 1 aliphatic heterocycles. The zero-order chi connectivity index (χ0) is 12.3. The summed E-state index contributed by atoms with van der Waals surface area (Å²) in [4.78, 5) is 2.52. The lowest BCUT2D eigenvalue weighted by atomic mass is 10.1. The van der Waals surface area contributed by atoms with Gasteiger partial charge in [-0.3, -0.25) is 0 Å². The predicted octanol–water partition coefficient (Wildman–Crippen LogP) is 3.20. The third-order valence-corrected chi connectivity index (χ3v) is 4.05. The molecule has 2 rings (SSSR count). The van der Waals surface area contributed by atoms with Crippen molar-refractivity contribution in [3.63, 3.8) is 0 Å². The first-order chi connectivity index (χ1) is 8.24. The summed E-state index contributed by atoms with van der Waals surface area (Å²) < 4.78 is 0. The number of rotatable bonds is 4. The van der Waals surface area contributed by atoms with Gasteiger partial charge < -0.3 is 10.2 Å². The molecule has 0 aliphatic carbocycles. The van der Waals surface area contributed by atoms with Crippen molar-refractivity contribution in [2.75, 3.05) is 25.0 Å². The molecular weight excluding hydrogens is 208 g/mol. The maximum absolute atomic E-state index is 3.27. The van der Waals surface area contributed by atoms with E-state index >= 15 is 0 Å². The van der Waals surface area contributed by atoms with E-state index in [2.05, 4.69) is 48.3 Å². The topological polar surface area (TPSA) is 15.3 Å². The van der Waals surface area contributed by atoms with Crippen molar-refractivity contribution in [1.82, 2.24) is 5.32 Å². The quantitative estimate of drug-likeness (QED) is 0.857. The van der Waals surface area contributed by atoms with Crippen molar-refractivity contribution in [3.05, 3.63) is 29.8 Å². The van der Waals surface area contributed by atoms with Gasteiger partial charge in [0.25, 0.3) is 0 Å². The van der Waals surface area contributed by atoms with Crippen molar-refractivity contribution in [2.24, 2.45) is 5.92 Å². The highest BCUT2D eigenvalue weighted by Crippen LogP contribution is 2.26.